The molecule has 0 bridgehead atoms. The number of rotatable bonds is 6. The maximum atomic E-state index is 13.2. The molecule has 0 amide bonds. The summed E-state index contributed by atoms with van der Waals surface area (Å²) in [5, 5.41) is 0. The Morgan fingerprint density at radius 3 is 1.71 bits per heavy atom. The second-order valence-corrected chi connectivity index (χ2v) is 10.0. The van der Waals surface area contributed by atoms with Crippen LogP contribution in [0.3, 0.4) is 0 Å². The first-order chi connectivity index (χ1) is 16.4. The van der Waals surface area contributed by atoms with Crippen molar-refractivity contribution >= 4 is 21.5 Å². The predicted octanol–water partition coefficient (Wildman–Crippen LogP) is 5.50. The Kier molecular flexibility index (Phi) is 5.57. The molecule has 1 spiro atoms. The number of fused-ring (bicyclic) bond motifs is 6. The molecule has 6 nitrogen and oxygen atoms in total. The molecule has 0 fully saturated rings. The molecule has 7 heteroatoms. The highest BCUT2D eigenvalue weighted by atomic mass is 32.2. The molecule has 2 aliphatic rings. The van der Waals surface area contributed by atoms with Crippen molar-refractivity contribution in [2.24, 2.45) is 0 Å². The first kappa shape index (κ1) is 22.7. The summed E-state index contributed by atoms with van der Waals surface area (Å²) >= 11 is 0. The molecule has 3 aromatic carbocycles. The van der Waals surface area contributed by atoms with Crippen LogP contribution < -0.4 is 14.5 Å². The highest BCUT2D eigenvalue weighted by molar-refractivity contribution is 7.87. The zero-order chi connectivity index (χ0) is 24.1. The van der Waals surface area contributed by atoms with Gasteiger partial charge >= 0.3 is 0 Å². The number of hydrogen-bond donors (Lipinski definition) is 0. The van der Waals surface area contributed by atoms with Crippen LogP contribution in [0, 0.1) is 0 Å². The second kappa shape index (κ2) is 8.32. The molecule has 0 saturated carbocycles. The standard InChI is InChI=1S/C27H30N2O4S/c1-5-28(6-2)19-13-15-21-24(17-19)32-25-18-20(29(7-3)8-4)14-16-22(25)27(21)23-11-9-10-12-26(23)34(30,31)33-27/h9-18H,5-8H2,1-4H3. The Morgan fingerprint density at radius 1 is 0.706 bits per heavy atom. The smallest absolute Gasteiger partial charge is 0.298 e. The summed E-state index contributed by atoms with van der Waals surface area (Å²) < 4.78 is 39.0. The zero-order valence-electron chi connectivity index (χ0n) is 20.0. The Bertz CT molecular complexity index is 1280. The average Bonchev–Trinajstić information content (AvgIpc) is 3.08. The van der Waals surface area contributed by atoms with Crippen molar-refractivity contribution in [2.75, 3.05) is 36.0 Å². The van der Waals surface area contributed by atoms with Gasteiger partial charge in [0.2, 0.25) is 0 Å². The van der Waals surface area contributed by atoms with Crippen molar-refractivity contribution in [1.82, 2.24) is 0 Å². The number of benzene rings is 3. The maximum absolute atomic E-state index is 13.2. The van der Waals surface area contributed by atoms with E-state index in [1.165, 1.54) is 0 Å². The molecular formula is C27H30N2O4S. The van der Waals surface area contributed by atoms with Gasteiger partial charge in [0.05, 0.1) is 0 Å². The molecule has 2 aliphatic heterocycles. The second-order valence-electron chi connectivity index (χ2n) is 8.52. The van der Waals surface area contributed by atoms with Crippen molar-refractivity contribution in [3.63, 3.8) is 0 Å². The Balaban J connectivity index is 1.80. The van der Waals surface area contributed by atoms with Crippen molar-refractivity contribution in [3.8, 4) is 11.5 Å². The van der Waals surface area contributed by atoms with Gasteiger partial charge < -0.3 is 14.5 Å². The quantitative estimate of drug-likeness (QED) is 0.436. The molecule has 0 atom stereocenters. The minimum Gasteiger partial charge on any atom is -0.456 e. The topological polar surface area (TPSA) is 59.1 Å². The van der Waals surface area contributed by atoms with Gasteiger partial charge in [0.15, 0.2) is 5.60 Å². The van der Waals surface area contributed by atoms with E-state index in [9.17, 15) is 8.42 Å². The third-order valence-corrected chi connectivity index (χ3v) is 8.30. The monoisotopic (exact) mass is 478 g/mol. The van der Waals surface area contributed by atoms with E-state index < -0.39 is 15.7 Å². The van der Waals surface area contributed by atoms with Crippen molar-refractivity contribution in [2.45, 2.75) is 38.2 Å². The molecule has 3 aromatic rings. The van der Waals surface area contributed by atoms with Crippen LogP contribution in [-0.2, 0) is 19.9 Å². The molecule has 0 aromatic heterocycles. The number of hydrogen-bond acceptors (Lipinski definition) is 6. The first-order valence-corrected chi connectivity index (χ1v) is 13.3. The number of nitrogens with zero attached hydrogens (tertiary/aromatic N) is 2. The van der Waals surface area contributed by atoms with Crippen LogP contribution in [0.25, 0.3) is 0 Å². The van der Waals surface area contributed by atoms with Crippen molar-refractivity contribution < 1.29 is 17.3 Å². The van der Waals surface area contributed by atoms with Crippen LogP contribution in [0.2, 0.25) is 0 Å². The van der Waals surface area contributed by atoms with Gasteiger partial charge in [0, 0.05) is 66.4 Å². The third-order valence-electron chi connectivity index (χ3n) is 6.94. The van der Waals surface area contributed by atoms with Gasteiger partial charge in [0.1, 0.15) is 16.4 Å². The molecule has 0 saturated heterocycles. The maximum Gasteiger partial charge on any atom is 0.298 e. The number of anilines is 2. The van der Waals surface area contributed by atoms with Gasteiger partial charge in [-0.2, -0.15) is 8.42 Å². The average molecular weight is 479 g/mol. The van der Waals surface area contributed by atoms with Gasteiger partial charge in [-0.15, -0.1) is 0 Å². The van der Waals surface area contributed by atoms with Crippen LogP contribution >= 0.6 is 0 Å². The molecular weight excluding hydrogens is 448 g/mol. The summed E-state index contributed by atoms with van der Waals surface area (Å²) in [5.74, 6) is 1.22. The van der Waals surface area contributed by atoms with E-state index in [2.05, 4.69) is 37.5 Å². The van der Waals surface area contributed by atoms with Gasteiger partial charge in [-0.3, -0.25) is 0 Å². The van der Waals surface area contributed by atoms with Crippen LogP contribution in [0.15, 0.2) is 65.6 Å². The summed E-state index contributed by atoms with van der Waals surface area (Å²) in [6.45, 7) is 11.9. The van der Waals surface area contributed by atoms with E-state index in [0.717, 1.165) is 37.6 Å². The lowest BCUT2D eigenvalue weighted by Gasteiger charge is -2.37. The molecule has 0 N–H and O–H groups in total. The molecule has 0 unspecified atom stereocenters. The Labute approximate surface area is 201 Å². The van der Waals surface area contributed by atoms with Crippen LogP contribution in [0.4, 0.5) is 11.4 Å². The largest absolute Gasteiger partial charge is 0.456 e. The summed E-state index contributed by atoms with van der Waals surface area (Å²) in [4.78, 5) is 4.67. The fourth-order valence-corrected chi connectivity index (χ4v) is 6.63. The Morgan fingerprint density at radius 2 is 1.21 bits per heavy atom. The molecule has 178 valence electrons. The van der Waals surface area contributed by atoms with Crippen LogP contribution in [-0.4, -0.2) is 34.6 Å². The molecule has 0 radical (unpaired) electrons. The summed E-state index contributed by atoms with van der Waals surface area (Å²) in [6, 6.07) is 19.0. The van der Waals surface area contributed by atoms with Crippen molar-refractivity contribution in [1.29, 1.82) is 0 Å². The fraction of sp³-hybridized carbons (Fsp3) is 0.333. The predicted molar refractivity (Wildman–Crippen MR) is 135 cm³/mol. The molecule has 0 aliphatic carbocycles. The van der Waals surface area contributed by atoms with Crippen LogP contribution in [0.5, 0.6) is 11.5 Å². The lowest BCUT2D eigenvalue weighted by atomic mass is 9.78. The molecule has 5 rings (SSSR count). The van der Waals surface area contributed by atoms with E-state index in [1.807, 2.05) is 48.5 Å². The van der Waals surface area contributed by atoms with E-state index >= 15 is 0 Å². The highest BCUT2D eigenvalue weighted by Crippen LogP contribution is 2.58. The molecule has 2 heterocycles. The minimum atomic E-state index is -3.95. The SMILES string of the molecule is CCN(CC)c1ccc2c(c1)Oc1cc(N(CC)CC)ccc1C21OS(=O)(=O)c2ccccc21. The van der Waals surface area contributed by atoms with Gasteiger partial charge in [0.25, 0.3) is 10.1 Å². The summed E-state index contributed by atoms with van der Waals surface area (Å²) in [5.41, 5.74) is 2.77. The van der Waals surface area contributed by atoms with E-state index in [4.69, 9.17) is 8.92 Å². The first-order valence-electron chi connectivity index (χ1n) is 11.9. The van der Waals surface area contributed by atoms with Crippen LogP contribution in [0.1, 0.15) is 44.4 Å². The minimum absolute atomic E-state index is 0.203. The van der Waals surface area contributed by atoms with Gasteiger partial charge in [-0.25, -0.2) is 4.18 Å². The summed E-state index contributed by atoms with van der Waals surface area (Å²) in [6.07, 6.45) is 0. The number of ether oxygens (including phenoxy) is 1. The molecule has 34 heavy (non-hydrogen) atoms. The Hall–Kier alpha value is -3.03. The normalized spacial score (nSPS) is 16.4. The van der Waals surface area contributed by atoms with Gasteiger partial charge in [-0.1, -0.05) is 18.2 Å². The third kappa shape index (κ3) is 3.21. The van der Waals surface area contributed by atoms with E-state index in [1.54, 1.807) is 12.1 Å². The summed E-state index contributed by atoms with van der Waals surface area (Å²) in [7, 11) is -3.95. The fourth-order valence-electron chi connectivity index (χ4n) is 5.22. The lowest BCUT2D eigenvalue weighted by Crippen LogP contribution is -2.33. The van der Waals surface area contributed by atoms with Gasteiger partial charge in [-0.05, 0) is 58.0 Å². The van der Waals surface area contributed by atoms with E-state index in [0.29, 0.717) is 28.2 Å². The lowest BCUT2D eigenvalue weighted by molar-refractivity contribution is 0.164. The van der Waals surface area contributed by atoms with E-state index in [-0.39, 0.29) is 4.90 Å². The zero-order valence-corrected chi connectivity index (χ0v) is 20.9. The van der Waals surface area contributed by atoms with Crippen molar-refractivity contribution in [3.05, 3.63) is 77.4 Å². The highest BCUT2D eigenvalue weighted by Gasteiger charge is 2.55.